The molecule has 2 aliphatic rings. The molecule has 0 spiro atoms. The van der Waals surface area contributed by atoms with Gasteiger partial charge in [-0.25, -0.2) is 4.39 Å². The Morgan fingerprint density at radius 2 is 1.89 bits per heavy atom. The maximum Gasteiger partial charge on any atom is 0.219 e. The maximum absolute atomic E-state index is 13.3. The van der Waals surface area contributed by atoms with E-state index in [1.807, 2.05) is 24.1 Å². The van der Waals surface area contributed by atoms with E-state index in [4.69, 9.17) is 5.73 Å². The number of amides is 1. The molecule has 2 unspecified atom stereocenters. The summed E-state index contributed by atoms with van der Waals surface area (Å²) in [6, 6.07) is 7.70. The number of carbonyl (C=O) groups is 1. The van der Waals surface area contributed by atoms with Gasteiger partial charge in [-0.05, 0) is 75.2 Å². The van der Waals surface area contributed by atoms with Crippen LogP contribution in [-0.2, 0) is 11.2 Å². The predicted octanol–water partition coefficient (Wildman–Crippen LogP) is 3.20. The molecule has 3 rings (SSSR count). The topological polar surface area (TPSA) is 49.6 Å². The number of likely N-dealkylation sites (tertiary alicyclic amines) is 1. The van der Waals surface area contributed by atoms with Crippen LogP contribution in [0.2, 0.25) is 0 Å². The third-order valence-electron chi connectivity index (χ3n) is 6.68. The van der Waals surface area contributed by atoms with Crippen LogP contribution in [0.3, 0.4) is 0 Å². The molecule has 1 aromatic carbocycles. The molecule has 27 heavy (non-hydrogen) atoms. The minimum Gasteiger partial charge on any atom is -0.343 e. The second-order valence-corrected chi connectivity index (χ2v) is 8.42. The normalized spacial score (nSPS) is 27.9. The first-order valence-electron chi connectivity index (χ1n) is 10.4. The first-order chi connectivity index (χ1) is 13.0. The molecule has 1 aliphatic heterocycles. The minimum absolute atomic E-state index is 0.127. The zero-order chi connectivity index (χ0) is 19.4. The fraction of sp³-hybridized carbons (Fsp3) is 0.682. The van der Waals surface area contributed by atoms with E-state index < -0.39 is 0 Å². The van der Waals surface area contributed by atoms with Crippen molar-refractivity contribution < 1.29 is 9.18 Å². The van der Waals surface area contributed by atoms with Crippen LogP contribution in [0.1, 0.15) is 51.0 Å². The van der Waals surface area contributed by atoms with Gasteiger partial charge in [0.05, 0.1) is 0 Å². The summed E-state index contributed by atoms with van der Waals surface area (Å²) in [7, 11) is 1.91. The quantitative estimate of drug-likeness (QED) is 0.860. The summed E-state index contributed by atoms with van der Waals surface area (Å²) in [6.45, 7) is 3.87. The van der Waals surface area contributed by atoms with Crippen LogP contribution in [0.25, 0.3) is 0 Å². The van der Waals surface area contributed by atoms with E-state index in [1.165, 1.54) is 24.8 Å². The monoisotopic (exact) mass is 375 g/mol. The Labute approximate surface area is 162 Å². The molecule has 0 radical (unpaired) electrons. The molecule has 150 valence electrons. The second kappa shape index (κ2) is 9.16. The highest BCUT2D eigenvalue weighted by atomic mass is 19.1. The summed E-state index contributed by atoms with van der Waals surface area (Å²) in [5.41, 5.74) is 7.78. The Bertz CT molecular complexity index is 614. The van der Waals surface area contributed by atoms with Crippen molar-refractivity contribution in [1.82, 2.24) is 9.80 Å². The average Bonchev–Trinajstić information content (AvgIpc) is 2.68. The Kier molecular flexibility index (Phi) is 6.88. The molecular formula is C22H34FN3O. The summed E-state index contributed by atoms with van der Waals surface area (Å²) >= 11 is 0. The SMILES string of the molecule is CC(=O)N(C)C1CC[C@@H](N)[C@H](C(Cc2ccc(F)cc2)N2CCCCC2)C1. The van der Waals surface area contributed by atoms with Crippen molar-refractivity contribution in [2.75, 3.05) is 20.1 Å². The van der Waals surface area contributed by atoms with Gasteiger partial charge < -0.3 is 10.6 Å². The molecule has 0 aromatic heterocycles. The third kappa shape index (κ3) is 5.08. The summed E-state index contributed by atoms with van der Waals surface area (Å²) in [6.07, 6.45) is 7.57. The number of carbonyl (C=O) groups excluding carboxylic acids is 1. The summed E-state index contributed by atoms with van der Waals surface area (Å²) in [5, 5.41) is 0. The van der Waals surface area contributed by atoms with Gasteiger partial charge in [-0.1, -0.05) is 18.6 Å². The maximum atomic E-state index is 13.3. The lowest BCUT2D eigenvalue weighted by Crippen LogP contribution is -2.55. The average molecular weight is 376 g/mol. The summed E-state index contributed by atoms with van der Waals surface area (Å²) < 4.78 is 13.3. The van der Waals surface area contributed by atoms with Gasteiger partial charge >= 0.3 is 0 Å². The molecule has 1 saturated carbocycles. The number of hydrogen-bond donors (Lipinski definition) is 1. The van der Waals surface area contributed by atoms with E-state index in [0.29, 0.717) is 12.0 Å². The fourth-order valence-corrected chi connectivity index (χ4v) is 4.92. The van der Waals surface area contributed by atoms with Crippen molar-refractivity contribution in [1.29, 1.82) is 0 Å². The molecule has 4 nitrogen and oxygen atoms in total. The highest BCUT2D eigenvalue weighted by molar-refractivity contribution is 5.73. The van der Waals surface area contributed by atoms with Crippen LogP contribution in [0.4, 0.5) is 4.39 Å². The molecular weight excluding hydrogens is 341 g/mol. The highest BCUT2D eigenvalue weighted by Crippen LogP contribution is 2.33. The van der Waals surface area contributed by atoms with E-state index in [1.54, 1.807) is 19.1 Å². The smallest absolute Gasteiger partial charge is 0.219 e. The molecule has 2 N–H and O–H groups in total. The molecule has 4 atom stereocenters. The van der Waals surface area contributed by atoms with E-state index >= 15 is 0 Å². The highest BCUT2D eigenvalue weighted by Gasteiger charge is 2.38. The summed E-state index contributed by atoms with van der Waals surface area (Å²) in [4.78, 5) is 16.4. The zero-order valence-electron chi connectivity index (χ0n) is 16.7. The molecule has 5 heteroatoms. The van der Waals surface area contributed by atoms with Crippen LogP contribution in [0.15, 0.2) is 24.3 Å². The van der Waals surface area contributed by atoms with E-state index in [-0.39, 0.29) is 23.8 Å². The molecule has 1 heterocycles. The first-order valence-corrected chi connectivity index (χ1v) is 10.4. The number of halogens is 1. The number of hydrogen-bond acceptors (Lipinski definition) is 3. The van der Waals surface area contributed by atoms with Crippen molar-refractivity contribution in [3.05, 3.63) is 35.6 Å². The van der Waals surface area contributed by atoms with Gasteiger partial charge in [-0.3, -0.25) is 9.69 Å². The molecule has 2 fully saturated rings. The summed E-state index contributed by atoms with van der Waals surface area (Å²) in [5.74, 6) is 0.293. The van der Waals surface area contributed by atoms with Crippen LogP contribution in [-0.4, -0.2) is 54.0 Å². The number of benzene rings is 1. The van der Waals surface area contributed by atoms with Gasteiger partial charge in [-0.15, -0.1) is 0 Å². The van der Waals surface area contributed by atoms with Crippen LogP contribution in [0.5, 0.6) is 0 Å². The minimum atomic E-state index is -0.189. The van der Waals surface area contributed by atoms with E-state index in [2.05, 4.69) is 4.90 Å². The van der Waals surface area contributed by atoms with E-state index in [9.17, 15) is 9.18 Å². The Morgan fingerprint density at radius 3 is 2.52 bits per heavy atom. The third-order valence-corrected chi connectivity index (χ3v) is 6.68. The van der Waals surface area contributed by atoms with Crippen LogP contribution in [0, 0.1) is 11.7 Å². The van der Waals surface area contributed by atoms with Crippen molar-refractivity contribution in [3.63, 3.8) is 0 Å². The number of nitrogens with two attached hydrogens (primary N) is 1. The van der Waals surface area contributed by atoms with Gasteiger partial charge in [0.25, 0.3) is 0 Å². The zero-order valence-corrected chi connectivity index (χ0v) is 16.7. The number of rotatable bonds is 5. The Balaban J connectivity index is 1.80. The van der Waals surface area contributed by atoms with Gasteiger partial charge in [-0.2, -0.15) is 0 Å². The molecule has 0 bridgehead atoms. The van der Waals surface area contributed by atoms with Gasteiger partial charge in [0.1, 0.15) is 5.82 Å². The molecule has 1 aromatic rings. The van der Waals surface area contributed by atoms with Crippen LogP contribution < -0.4 is 5.73 Å². The van der Waals surface area contributed by atoms with E-state index in [0.717, 1.165) is 38.8 Å². The van der Waals surface area contributed by atoms with Crippen molar-refractivity contribution >= 4 is 5.91 Å². The molecule has 1 aliphatic carbocycles. The lowest BCUT2D eigenvalue weighted by molar-refractivity contribution is -0.130. The van der Waals surface area contributed by atoms with Gasteiger partial charge in [0.15, 0.2) is 0 Å². The van der Waals surface area contributed by atoms with Crippen molar-refractivity contribution in [3.8, 4) is 0 Å². The van der Waals surface area contributed by atoms with Crippen molar-refractivity contribution in [2.45, 2.75) is 70.0 Å². The van der Waals surface area contributed by atoms with Crippen molar-refractivity contribution in [2.24, 2.45) is 11.7 Å². The first kappa shape index (κ1) is 20.3. The predicted molar refractivity (Wildman–Crippen MR) is 107 cm³/mol. The largest absolute Gasteiger partial charge is 0.343 e. The lowest BCUT2D eigenvalue weighted by Gasteiger charge is -2.46. The lowest BCUT2D eigenvalue weighted by atomic mass is 9.75. The standard InChI is InChI=1S/C22H34FN3O/c1-16(27)25(2)19-10-11-21(24)20(15-19)22(26-12-4-3-5-13-26)14-17-6-8-18(23)9-7-17/h6-9,19-22H,3-5,10-15,24H2,1-2H3/t19?,20-,21-,22?/m1/s1. The number of piperidine rings is 1. The number of nitrogens with zero attached hydrogens (tertiary/aromatic N) is 2. The van der Waals surface area contributed by atoms with Gasteiger partial charge in [0.2, 0.25) is 5.91 Å². The second-order valence-electron chi connectivity index (χ2n) is 8.42. The molecule has 1 amide bonds. The Hall–Kier alpha value is -1.46. The Morgan fingerprint density at radius 1 is 1.22 bits per heavy atom. The van der Waals surface area contributed by atoms with Gasteiger partial charge in [0, 0.05) is 32.1 Å². The fourth-order valence-electron chi connectivity index (χ4n) is 4.92. The molecule has 1 saturated heterocycles. The van der Waals surface area contributed by atoms with Crippen LogP contribution >= 0.6 is 0 Å².